The van der Waals surface area contributed by atoms with Crippen LogP contribution in [0.2, 0.25) is 0 Å². The van der Waals surface area contributed by atoms with Crippen molar-refractivity contribution in [3.8, 4) is 0 Å². The number of hydrogen-bond acceptors (Lipinski definition) is 15. The maximum Gasteiger partial charge on any atom is 0.333 e. The van der Waals surface area contributed by atoms with E-state index >= 15 is 0 Å². The molecule has 3 saturated carbocycles. The van der Waals surface area contributed by atoms with Crippen LogP contribution in [0.4, 0.5) is 0 Å². The highest BCUT2D eigenvalue weighted by molar-refractivity contribution is 5.88. The minimum absolute atomic E-state index is 0.0391. The zero-order chi connectivity index (χ0) is 45.1. The lowest BCUT2D eigenvalue weighted by Gasteiger charge is -2.63. The lowest BCUT2D eigenvalue weighted by Crippen LogP contribution is -2.66. The molecule has 62 heavy (non-hydrogen) atoms. The molecule has 0 bridgehead atoms. The van der Waals surface area contributed by atoms with Crippen molar-refractivity contribution in [3.63, 3.8) is 0 Å². The third kappa shape index (κ3) is 8.42. The fourth-order valence-corrected chi connectivity index (χ4v) is 12.8. The van der Waals surface area contributed by atoms with Gasteiger partial charge in [0.25, 0.3) is 0 Å². The minimum atomic E-state index is -1.22. The summed E-state index contributed by atoms with van der Waals surface area (Å²) in [4.78, 5) is 26.4. The van der Waals surface area contributed by atoms with E-state index in [9.17, 15) is 24.9 Å². The maximum atomic E-state index is 13.3. The van der Waals surface area contributed by atoms with E-state index in [1.165, 1.54) is 12.7 Å². The number of carbonyl (C=O) groups excluding carboxylic acids is 2. The standard InChI is InChI=1S/C47H74O15/c1-12-23(2)43(51)60-35-20-32-31(47(52)18-16-30(24(3)48)46(35,47)8)14-13-28-19-29(15-17-45(28,32)7)59-36-21-33(53-9)40(26(5)56-36)61-37-22-34(54-10)41(27(6)57-37)62-44-39(50)42(55-11)38(49)25(4)58-44/h12-13,25-27,29-42,44,49-50,52H,14-22H2,1-11H3/b23-12+/t25?,26?,27?,29-,30+,31+,32-,33?,34?,35+,36?,37?,38?,39?,40?,41?,42?,44?,45-,46-,47-/m0/s1. The Morgan fingerprint density at radius 2 is 1.40 bits per heavy atom. The molecule has 13 unspecified atom stereocenters. The molecule has 352 valence electrons. The van der Waals surface area contributed by atoms with E-state index in [4.69, 9.17) is 47.4 Å². The van der Waals surface area contributed by atoms with E-state index in [0.717, 1.165) is 19.3 Å². The van der Waals surface area contributed by atoms with Gasteiger partial charge in [-0.15, -0.1) is 0 Å². The summed E-state index contributed by atoms with van der Waals surface area (Å²) in [5, 5.41) is 34.1. The number of Topliss-reactive ketones (excluding diaryl/α,β-unsaturated/α-hetero) is 1. The molecule has 7 rings (SSSR count). The van der Waals surface area contributed by atoms with Crippen molar-refractivity contribution < 1.29 is 72.3 Å². The summed E-state index contributed by atoms with van der Waals surface area (Å²) >= 11 is 0. The van der Waals surface area contributed by atoms with Gasteiger partial charge in [-0.2, -0.15) is 0 Å². The van der Waals surface area contributed by atoms with Crippen LogP contribution < -0.4 is 0 Å². The van der Waals surface area contributed by atoms with Crippen LogP contribution in [0, 0.1) is 28.6 Å². The normalized spacial score (nSPS) is 49.6. The summed E-state index contributed by atoms with van der Waals surface area (Å²) in [6.07, 6.45) is 0.173. The molecular formula is C47H74O15. The summed E-state index contributed by atoms with van der Waals surface area (Å²) in [5.41, 5.74) is -0.439. The Kier molecular flexibility index (Phi) is 14.6. The van der Waals surface area contributed by atoms with Crippen molar-refractivity contribution in [2.45, 2.75) is 211 Å². The van der Waals surface area contributed by atoms with E-state index in [-0.39, 0.29) is 41.2 Å². The maximum absolute atomic E-state index is 13.3. The molecule has 0 aromatic carbocycles. The molecule has 0 spiro atoms. The zero-order valence-electron chi connectivity index (χ0n) is 38.7. The topological polar surface area (TPSA) is 187 Å². The Morgan fingerprint density at radius 1 is 0.774 bits per heavy atom. The third-order valence-electron chi connectivity index (χ3n) is 16.6. The van der Waals surface area contributed by atoms with Gasteiger partial charge in [-0.05, 0) is 104 Å². The highest BCUT2D eigenvalue weighted by Crippen LogP contribution is 2.68. The lowest BCUT2D eigenvalue weighted by molar-refractivity contribution is -0.352. The second-order valence-corrected chi connectivity index (χ2v) is 19.8. The number of allylic oxidation sites excluding steroid dienone is 2. The Hall–Kier alpha value is -1.86. The van der Waals surface area contributed by atoms with Gasteiger partial charge in [0.15, 0.2) is 18.9 Å². The Labute approximate surface area is 367 Å². The molecule has 0 radical (unpaired) electrons. The SMILES string of the molecule is C/C=C(\C)C(=O)O[C@@H]1C[C@H]2[C@@H](CC=C3C[C@@H](OC4CC(OC)C(OC5CC(OC)C(OC6OC(C)C(O)C(OC)C6O)C(C)O5)C(C)O4)CC[C@@]32C)[C@@]2(O)CC[C@H](C(C)=O)[C@@]12C. The Bertz CT molecular complexity index is 1670. The van der Waals surface area contributed by atoms with Crippen LogP contribution >= 0.6 is 0 Å². The summed E-state index contributed by atoms with van der Waals surface area (Å²) in [6.45, 7) is 15.0. The number of fused-ring (bicyclic) bond motifs is 5. The molecule has 0 amide bonds. The fraction of sp³-hybridized carbons (Fsp3) is 0.872. The van der Waals surface area contributed by atoms with E-state index in [2.05, 4.69) is 13.0 Å². The first-order valence-electron chi connectivity index (χ1n) is 23.0. The Balaban J connectivity index is 0.980. The second-order valence-electron chi connectivity index (χ2n) is 19.8. The molecule has 21 atom stereocenters. The minimum Gasteiger partial charge on any atom is -0.458 e. The highest BCUT2D eigenvalue weighted by Gasteiger charge is 2.71. The fourth-order valence-electron chi connectivity index (χ4n) is 12.8. The monoisotopic (exact) mass is 879 g/mol. The number of esters is 1. The number of aliphatic hydroxyl groups is 3. The smallest absolute Gasteiger partial charge is 0.333 e. The van der Waals surface area contributed by atoms with Crippen molar-refractivity contribution in [2.24, 2.45) is 28.6 Å². The van der Waals surface area contributed by atoms with Crippen molar-refractivity contribution >= 4 is 11.8 Å². The van der Waals surface area contributed by atoms with Gasteiger partial charge in [0.05, 0.1) is 42.2 Å². The average molecular weight is 879 g/mol. The van der Waals surface area contributed by atoms with Crippen molar-refractivity contribution in [1.29, 1.82) is 0 Å². The molecule has 4 aliphatic carbocycles. The first kappa shape index (κ1) is 48.1. The van der Waals surface area contributed by atoms with Crippen LogP contribution in [-0.2, 0) is 57.0 Å². The van der Waals surface area contributed by atoms with E-state index < -0.39 is 96.9 Å². The van der Waals surface area contributed by atoms with Crippen molar-refractivity contribution in [2.75, 3.05) is 21.3 Å². The quantitative estimate of drug-likeness (QED) is 0.139. The predicted molar refractivity (Wildman–Crippen MR) is 223 cm³/mol. The molecule has 3 heterocycles. The third-order valence-corrected chi connectivity index (χ3v) is 16.6. The number of methoxy groups -OCH3 is 3. The van der Waals surface area contributed by atoms with Gasteiger partial charge in [-0.25, -0.2) is 4.79 Å². The number of hydrogen-bond donors (Lipinski definition) is 3. The van der Waals surface area contributed by atoms with Gasteiger partial charge in [-0.3, -0.25) is 4.79 Å². The molecule has 15 heteroatoms. The molecular weight excluding hydrogens is 805 g/mol. The van der Waals surface area contributed by atoms with E-state index in [1.54, 1.807) is 41.1 Å². The molecule has 6 fully saturated rings. The van der Waals surface area contributed by atoms with Gasteiger partial charge >= 0.3 is 5.97 Å². The first-order valence-corrected chi connectivity index (χ1v) is 23.0. The molecule has 3 saturated heterocycles. The molecule has 15 nitrogen and oxygen atoms in total. The summed E-state index contributed by atoms with van der Waals surface area (Å²) < 4.78 is 61.8. The second kappa shape index (κ2) is 18.8. The number of ketones is 1. The van der Waals surface area contributed by atoms with Gasteiger partial charge in [0.1, 0.15) is 42.4 Å². The number of carbonyl (C=O) groups is 2. The van der Waals surface area contributed by atoms with Crippen molar-refractivity contribution in [3.05, 3.63) is 23.3 Å². The van der Waals surface area contributed by atoms with E-state index in [1.807, 2.05) is 27.7 Å². The molecule has 3 N–H and O–H groups in total. The van der Waals surface area contributed by atoms with Gasteiger partial charge in [-0.1, -0.05) is 31.6 Å². The average Bonchev–Trinajstić information content (AvgIpc) is 3.53. The highest BCUT2D eigenvalue weighted by atomic mass is 16.8. The predicted octanol–water partition coefficient (Wildman–Crippen LogP) is 4.69. The molecule has 7 aliphatic rings. The summed E-state index contributed by atoms with van der Waals surface area (Å²) in [5.74, 6) is -0.727. The van der Waals surface area contributed by atoms with E-state index in [0.29, 0.717) is 44.1 Å². The largest absolute Gasteiger partial charge is 0.458 e. The van der Waals surface area contributed by atoms with Crippen LogP contribution in [0.15, 0.2) is 23.3 Å². The van der Waals surface area contributed by atoms with Gasteiger partial charge < -0.3 is 62.7 Å². The van der Waals surface area contributed by atoms with Gasteiger partial charge in [0, 0.05) is 51.1 Å². The number of ether oxygens (including phenoxy) is 10. The van der Waals surface area contributed by atoms with Crippen LogP contribution in [0.25, 0.3) is 0 Å². The first-order chi connectivity index (χ1) is 29.3. The summed E-state index contributed by atoms with van der Waals surface area (Å²) in [6, 6.07) is 0. The Morgan fingerprint density at radius 3 is 2.00 bits per heavy atom. The molecule has 3 aliphatic heterocycles. The molecule has 0 aromatic rings. The lowest BCUT2D eigenvalue weighted by atomic mass is 9.45. The number of aliphatic hydroxyl groups excluding tert-OH is 2. The summed E-state index contributed by atoms with van der Waals surface area (Å²) in [7, 11) is 4.68. The van der Waals surface area contributed by atoms with Crippen LogP contribution in [0.1, 0.15) is 113 Å². The number of rotatable bonds is 12. The zero-order valence-corrected chi connectivity index (χ0v) is 38.7. The van der Waals surface area contributed by atoms with Crippen LogP contribution in [0.3, 0.4) is 0 Å². The molecule has 0 aromatic heterocycles. The van der Waals surface area contributed by atoms with Gasteiger partial charge in [0.2, 0.25) is 0 Å². The van der Waals surface area contributed by atoms with Crippen LogP contribution in [-0.4, -0.2) is 146 Å². The van der Waals surface area contributed by atoms with Crippen LogP contribution in [0.5, 0.6) is 0 Å². The van der Waals surface area contributed by atoms with Crippen molar-refractivity contribution in [1.82, 2.24) is 0 Å².